The van der Waals surface area contributed by atoms with Gasteiger partial charge in [-0.05, 0) is 18.1 Å². The fourth-order valence-electron chi connectivity index (χ4n) is 1.86. The van der Waals surface area contributed by atoms with Gasteiger partial charge in [0.25, 0.3) is 0 Å². The summed E-state index contributed by atoms with van der Waals surface area (Å²) in [6.45, 7) is 0. The predicted molar refractivity (Wildman–Crippen MR) is 56.9 cm³/mol. The summed E-state index contributed by atoms with van der Waals surface area (Å²) in [6.07, 6.45) is 0.152. The Kier molecular flexibility index (Phi) is 3.37. The van der Waals surface area contributed by atoms with Crippen LogP contribution in [-0.2, 0) is 6.42 Å². The Hall–Kier alpha value is -0.770. The van der Waals surface area contributed by atoms with Gasteiger partial charge in [-0.2, -0.15) is 0 Å². The zero-order valence-corrected chi connectivity index (χ0v) is 8.75. The second kappa shape index (κ2) is 4.17. The number of hydrogen-bond acceptors (Lipinski definition) is 3. The molecule has 0 saturated heterocycles. The molecular formula is C10H14ClNO2. The second-order valence-corrected chi connectivity index (χ2v) is 3.35. The number of benzene rings is 1. The molecule has 14 heavy (non-hydrogen) atoms. The van der Waals surface area contributed by atoms with Crippen molar-refractivity contribution >= 4 is 12.4 Å². The summed E-state index contributed by atoms with van der Waals surface area (Å²) >= 11 is 0. The average molecular weight is 216 g/mol. The first-order valence-corrected chi connectivity index (χ1v) is 4.33. The van der Waals surface area contributed by atoms with E-state index < -0.39 is 6.10 Å². The molecule has 78 valence electrons. The molecule has 2 rings (SSSR count). The van der Waals surface area contributed by atoms with Gasteiger partial charge in [-0.15, -0.1) is 12.4 Å². The molecule has 1 aromatic carbocycles. The van der Waals surface area contributed by atoms with E-state index in [-0.39, 0.29) is 18.4 Å². The molecule has 0 fully saturated rings. The van der Waals surface area contributed by atoms with Crippen LogP contribution in [0.2, 0.25) is 0 Å². The van der Waals surface area contributed by atoms with Crippen molar-refractivity contribution in [2.45, 2.75) is 18.6 Å². The van der Waals surface area contributed by atoms with Gasteiger partial charge in [-0.3, -0.25) is 0 Å². The first kappa shape index (κ1) is 11.3. The van der Waals surface area contributed by atoms with Gasteiger partial charge in [0.2, 0.25) is 0 Å². The van der Waals surface area contributed by atoms with Crippen molar-refractivity contribution in [2.24, 2.45) is 5.73 Å². The third kappa shape index (κ3) is 1.59. The smallest absolute Gasteiger partial charge is 0.124 e. The Morgan fingerprint density at radius 3 is 2.86 bits per heavy atom. The first-order valence-electron chi connectivity index (χ1n) is 4.33. The zero-order chi connectivity index (χ0) is 9.42. The van der Waals surface area contributed by atoms with E-state index in [0.717, 1.165) is 23.3 Å². The number of aliphatic hydroxyl groups excluding tert-OH is 1. The molecule has 0 amide bonds. The number of ether oxygens (including phenoxy) is 1. The maximum absolute atomic E-state index is 9.76. The lowest BCUT2D eigenvalue weighted by molar-refractivity contribution is 0.156. The number of hydrogen-bond donors (Lipinski definition) is 2. The van der Waals surface area contributed by atoms with E-state index >= 15 is 0 Å². The summed E-state index contributed by atoms with van der Waals surface area (Å²) in [5.41, 5.74) is 7.70. The van der Waals surface area contributed by atoms with Gasteiger partial charge in [0.1, 0.15) is 5.75 Å². The molecule has 3 N–H and O–H groups in total. The van der Waals surface area contributed by atoms with Crippen LogP contribution in [0.3, 0.4) is 0 Å². The number of fused-ring (bicyclic) bond motifs is 1. The summed E-state index contributed by atoms with van der Waals surface area (Å²) in [6, 6.07) is 5.56. The highest BCUT2D eigenvalue weighted by molar-refractivity contribution is 5.85. The Morgan fingerprint density at radius 1 is 1.50 bits per heavy atom. The predicted octanol–water partition coefficient (Wildman–Crippen LogP) is 1.03. The van der Waals surface area contributed by atoms with Crippen LogP contribution in [0, 0.1) is 0 Å². The lowest BCUT2D eigenvalue weighted by Crippen LogP contribution is -2.24. The van der Waals surface area contributed by atoms with Gasteiger partial charge >= 0.3 is 0 Å². The van der Waals surface area contributed by atoms with E-state index in [2.05, 4.69) is 0 Å². The molecule has 0 saturated carbocycles. The highest BCUT2D eigenvalue weighted by Crippen LogP contribution is 2.36. The number of nitrogens with two attached hydrogens (primary N) is 1. The quantitative estimate of drug-likeness (QED) is 0.736. The molecule has 2 unspecified atom stereocenters. The van der Waals surface area contributed by atoms with Crippen molar-refractivity contribution in [3.63, 3.8) is 0 Å². The molecule has 0 aliphatic heterocycles. The number of methoxy groups -OCH3 is 1. The maximum atomic E-state index is 9.76. The molecule has 0 bridgehead atoms. The Morgan fingerprint density at radius 2 is 2.21 bits per heavy atom. The standard InChI is InChI=1S/C10H13NO2.ClH/c1-13-8-4-2-3-6-5-7(11)10(12)9(6)8;/h2-4,7,10,12H,5,11H2,1H3;1H. The van der Waals surface area contributed by atoms with E-state index in [1.807, 2.05) is 18.2 Å². The van der Waals surface area contributed by atoms with Crippen LogP contribution >= 0.6 is 12.4 Å². The van der Waals surface area contributed by atoms with Crippen LogP contribution in [0.4, 0.5) is 0 Å². The maximum Gasteiger partial charge on any atom is 0.124 e. The lowest BCUT2D eigenvalue weighted by atomic mass is 10.1. The van der Waals surface area contributed by atoms with Crippen molar-refractivity contribution < 1.29 is 9.84 Å². The molecule has 0 spiro atoms. The Balaban J connectivity index is 0.000000980. The molecule has 0 aromatic heterocycles. The second-order valence-electron chi connectivity index (χ2n) is 3.35. The summed E-state index contributed by atoms with van der Waals surface area (Å²) in [7, 11) is 1.60. The molecular weight excluding hydrogens is 202 g/mol. The van der Waals surface area contributed by atoms with Crippen molar-refractivity contribution in [2.75, 3.05) is 7.11 Å². The fraction of sp³-hybridized carbons (Fsp3) is 0.400. The van der Waals surface area contributed by atoms with Gasteiger partial charge in [-0.25, -0.2) is 0 Å². The van der Waals surface area contributed by atoms with Gasteiger partial charge in [0, 0.05) is 11.6 Å². The Labute approximate surface area is 89.3 Å². The molecule has 0 heterocycles. The van der Waals surface area contributed by atoms with Gasteiger partial charge in [0.05, 0.1) is 13.2 Å². The van der Waals surface area contributed by atoms with E-state index in [1.165, 1.54) is 0 Å². The minimum absolute atomic E-state index is 0. The zero-order valence-electron chi connectivity index (χ0n) is 7.93. The molecule has 3 nitrogen and oxygen atoms in total. The summed E-state index contributed by atoms with van der Waals surface area (Å²) < 4.78 is 5.16. The summed E-state index contributed by atoms with van der Waals surface area (Å²) in [5.74, 6) is 0.734. The third-order valence-electron chi connectivity index (χ3n) is 2.53. The topological polar surface area (TPSA) is 55.5 Å². The van der Waals surface area contributed by atoms with E-state index in [9.17, 15) is 5.11 Å². The van der Waals surface area contributed by atoms with Crippen molar-refractivity contribution in [3.8, 4) is 5.75 Å². The normalized spacial score (nSPS) is 23.9. The monoisotopic (exact) mass is 215 g/mol. The lowest BCUT2D eigenvalue weighted by Gasteiger charge is -2.11. The van der Waals surface area contributed by atoms with E-state index in [0.29, 0.717) is 0 Å². The molecule has 2 atom stereocenters. The van der Waals surface area contributed by atoms with Crippen LogP contribution in [0.25, 0.3) is 0 Å². The van der Waals surface area contributed by atoms with Gasteiger partial charge in [-0.1, -0.05) is 12.1 Å². The van der Waals surface area contributed by atoms with Crippen molar-refractivity contribution in [1.29, 1.82) is 0 Å². The number of rotatable bonds is 1. The number of halogens is 1. The van der Waals surface area contributed by atoms with Crippen LogP contribution in [-0.4, -0.2) is 18.3 Å². The minimum Gasteiger partial charge on any atom is -0.496 e. The highest BCUT2D eigenvalue weighted by atomic mass is 35.5. The summed E-state index contributed by atoms with van der Waals surface area (Å²) in [5, 5.41) is 9.76. The fourth-order valence-corrected chi connectivity index (χ4v) is 1.86. The molecule has 1 aromatic rings. The van der Waals surface area contributed by atoms with Crippen molar-refractivity contribution in [3.05, 3.63) is 29.3 Å². The highest BCUT2D eigenvalue weighted by Gasteiger charge is 2.30. The third-order valence-corrected chi connectivity index (χ3v) is 2.53. The first-order chi connectivity index (χ1) is 6.24. The van der Waals surface area contributed by atoms with Gasteiger partial charge < -0.3 is 15.6 Å². The van der Waals surface area contributed by atoms with E-state index in [1.54, 1.807) is 7.11 Å². The van der Waals surface area contributed by atoms with Gasteiger partial charge in [0.15, 0.2) is 0 Å². The molecule has 4 heteroatoms. The summed E-state index contributed by atoms with van der Waals surface area (Å²) in [4.78, 5) is 0. The molecule has 1 aliphatic carbocycles. The van der Waals surface area contributed by atoms with Crippen LogP contribution in [0.15, 0.2) is 18.2 Å². The molecule has 1 aliphatic rings. The van der Waals surface area contributed by atoms with Crippen LogP contribution in [0.5, 0.6) is 5.75 Å². The van der Waals surface area contributed by atoms with Crippen LogP contribution < -0.4 is 10.5 Å². The minimum atomic E-state index is -0.578. The van der Waals surface area contributed by atoms with E-state index in [4.69, 9.17) is 10.5 Å². The molecule has 0 radical (unpaired) electrons. The average Bonchev–Trinajstić information content (AvgIpc) is 2.43. The van der Waals surface area contributed by atoms with Crippen LogP contribution in [0.1, 0.15) is 17.2 Å². The Bertz CT molecular complexity index is 330. The largest absolute Gasteiger partial charge is 0.496 e. The SMILES string of the molecule is COc1cccc2c1C(O)C(N)C2.Cl. The number of aliphatic hydroxyl groups is 1. The van der Waals surface area contributed by atoms with Crippen molar-refractivity contribution in [1.82, 2.24) is 0 Å².